The number of amides is 2. The minimum atomic E-state index is -0.128. The van der Waals surface area contributed by atoms with Gasteiger partial charge in [-0.25, -0.2) is 0 Å². The molecular weight excluding hydrogens is 322 g/mol. The zero-order valence-electron chi connectivity index (χ0n) is 14.7. The Bertz CT molecular complexity index is 720. The lowest BCUT2D eigenvalue weighted by Gasteiger charge is -2.50. The molecule has 7 heteroatoms. The molecule has 2 heterocycles. The normalized spacial score (nSPS) is 30.4. The molecule has 3 aliphatic rings. The van der Waals surface area contributed by atoms with Crippen molar-refractivity contribution in [3.05, 3.63) is 23.8 Å². The molecule has 7 nitrogen and oxygen atoms in total. The lowest BCUT2D eigenvalue weighted by atomic mass is 9.71. The Morgan fingerprint density at radius 3 is 2.92 bits per heavy atom. The summed E-state index contributed by atoms with van der Waals surface area (Å²) in [4.78, 5) is 28.2. The van der Waals surface area contributed by atoms with Gasteiger partial charge in [0.2, 0.25) is 0 Å². The molecule has 0 aromatic heterocycles. The standard InChI is InChI=1S/C18H23N3O4/c1-20(2)16-15(11-6-7-24-17(11)16)19-18(23)10-4-5-13-12(8-10)21(3)14(22)9-25-13/h4-5,8,11,15-17H,6-7,9H2,1-3H3,(H,19,23)/t11-,15+,16-,17-/m0/s1. The monoisotopic (exact) mass is 345 g/mol. The molecule has 1 N–H and O–H groups in total. The molecule has 1 saturated carbocycles. The first-order valence-corrected chi connectivity index (χ1v) is 8.59. The topological polar surface area (TPSA) is 71.1 Å². The van der Waals surface area contributed by atoms with E-state index in [-0.39, 0.29) is 36.6 Å². The number of anilines is 1. The van der Waals surface area contributed by atoms with Crippen LogP contribution < -0.4 is 15.0 Å². The van der Waals surface area contributed by atoms with Gasteiger partial charge in [-0.1, -0.05) is 0 Å². The summed E-state index contributed by atoms with van der Waals surface area (Å²) in [5.41, 5.74) is 1.16. The third-order valence-corrected chi connectivity index (χ3v) is 5.55. The van der Waals surface area contributed by atoms with Crippen LogP contribution in [-0.4, -0.2) is 69.3 Å². The van der Waals surface area contributed by atoms with Crippen LogP contribution in [-0.2, 0) is 9.53 Å². The molecule has 4 atom stereocenters. The Kier molecular flexibility index (Phi) is 3.92. The van der Waals surface area contributed by atoms with Gasteiger partial charge in [-0.15, -0.1) is 0 Å². The molecule has 4 rings (SSSR count). The van der Waals surface area contributed by atoms with E-state index in [1.807, 2.05) is 14.1 Å². The van der Waals surface area contributed by atoms with Gasteiger partial charge in [0, 0.05) is 25.1 Å². The van der Waals surface area contributed by atoms with Gasteiger partial charge >= 0.3 is 0 Å². The van der Waals surface area contributed by atoms with Crippen molar-refractivity contribution >= 4 is 17.5 Å². The summed E-state index contributed by atoms with van der Waals surface area (Å²) in [6.45, 7) is 0.792. The zero-order valence-corrected chi connectivity index (χ0v) is 14.7. The van der Waals surface area contributed by atoms with E-state index in [1.54, 1.807) is 25.2 Å². The lowest BCUT2D eigenvalue weighted by molar-refractivity contribution is -0.120. The van der Waals surface area contributed by atoms with Gasteiger partial charge in [-0.05, 0) is 38.7 Å². The fourth-order valence-corrected chi connectivity index (χ4v) is 4.13. The summed E-state index contributed by atoms with van der Waals surface area (Å²) >= 11 is 0. The van der Waals surface area contributed by atoms with Crippen LogP contribution >= 0.6 is 0 Å². The molecule has 25 heavy (non-hydrogen) atoms. The Morgan fingerprint density at radius 2 is 2.16 bits per heavy atom. The first-order valence-electron chi connectivity index (χ1n) is 8.59. The molecule has 2 fully saturated rings. The van der Waals surface area contributed by atoms with Crippen LogP contribution in [0.5, 0.6) is 5.75 Å². The van der Waals surface area contributed by atoms with E-state index in [0.717, 1.165) is 13.0 Å². The maximum atomic E-state index is 12.8. The van der Waals surface area contributed by atoms with E-state index in [2.05, 4.69) is 10.2 Å². The van der Waals surface area contributed by atoms with Crippen LogP contribution in [0.4, 0.5) is 5.69 Å². The number of rotatable bonds is 3. The fourth-order valence-electron chi connectivity index (χ4n) is 4.13. The second kappa shape index (κ2) is 6.00. The molecule has 1 aliphatic carbocycles. The van der Waals surface area contributed by atoms with Crippen LogP contribution in [0.1, 0.15) is 16.8 Å². The maximum absolute atomic E-state index is 12.8. The largest absolute Gasteiger partial charge is 0.482 e. The van der Waals surface area contributed by atoms with Crippen LogP contribution in [0.15, 0.2) is 18.2 Å². The molecule has 0 unspecified atom stereocenters. The van der Waals surface area contributed by atoms with Gasteiger partial charge in [0.1, 0.15) is 5.75 Å². The second-order valence-corrected chi connectivity index (χ2v) is 7.17. The van der Waals surface area contributed by atoms with Crippen molar-refractivity contribution < 1.29 is 19.1 Å². The summed E-state index contributed by atoms with van der Waals surface area (Å²) in [7, 11) is 5.72. The molecule has 0 spiro atoms. The van der Waals surface area contributed by atoms with E-state index in [1.165, 1.54) is 4.90 Å². The molecule has 2 aliphatic heterocycles. The third kappa shape index (κ3) is 2.58. The fraction of sp³-hybridized carbons (Fsp3) is 0.556. The molecule has 0 bridgehead atoms. The van der Waals surface area contributed by atoms with Gasteiger partial charge in [-0.3, -0.25) is 9.59 Å². The SMILES string of the molecule is CN1C(=O)COc2ccc(C(=O)N[C@@H]3[C@@H]4CCO[C@@H]4[C@H]3N(C)C)cc21. The van der Waals surface area contributed by atoms with Crippen LogP contribution in [0.2, 0.25) is 0 Å². The van der Waals surface area contributed by atoms with Crippen LogP contribution in [0.25, 0.3) is 0 Å². The van der Waals surface area contributed by atoms with Crippen molar-refractivity contribution in [3.63, 3.8) is 0 Å². The smallest absolute Gasteiger partial charge is 0.264 e. The van der Waals surface area contributed by atoms with E-state index in [0.29, 0.717) is 22.9 Å². The van der Waals surface area contributed by atoms with Crippen molar-refractivity contribution in [2.75, 3.05) is 39.3 Å². The van der Waals surface area contributed by atoms with Gasteiger partial charge in [0.15, 0.2) is 6.61 Å². The Labute approximate surface area is 146 Å². The number of nitrogens with one attached hydrogen (secondary N) is 1. The van der Waals surface area contributed by atoms with Crippen molar-refractivity contribution in [1.82, 2.24) is 10.2 Å². The highest BCUT2D eigenvalue weighted by Gasteiger charge is 2.55. The number of hydrogen-bond acceptors (Lipinski definition) is 5. The summed E-state index contributed by atoms with van der Waals surface area (Å²) in [5, 5.41) is 3.16. The second-order valence-electron chi connectivity index (χ2n) is 7.17. The number of nitrogens with zero attached hydrogens (tertiary/aromatic N) is 2. The van der Waals surface area contributed by atoms with Crippen molar-refractivity contribution in [2.24, 2.45) is 5.92 Å². The number of carbonyl (C=O) groups excluding carboxylic acids is 2. The molecule has 2 amide bonds. The number of likely N-dealkylation sites (N-methyl/N-ethyl adjacent to an activating group) is 2. The third-order valence-electron chi connectivity index (χ3n) is 5.55. The summed E-state index contributed by atoms with van der Waals surface area (Å²) in [5.74, 6) is 0.748. The number of hydrogen-bond donors (Lipinski definition) is 1. The highest BCUT2D eigenvalue weighted by atomic mass is 16.5. The van der Waals surface area contributed by atoms with E-state index in [9.17, 15) is 9.59 Å². The van der Waals surface area contributed by atoms with Crippen LogP contribution in [0.3, 0.4) is 0 Å². The van der Waals surface area contributed by atoms with Gasteiger partial charge < -0.3 is 24.6 Å². The van der Waals surface area contributed by atoms with Crippen molar-refractivity contribution in [1.29, 1.82) is 0 Å². The van der Waals surface area contributed by atoms with Crippen LogP contribution in [0, 0.1) is 5.92 Å². The number of fused-ring (bicyclic) bond motifs is 2. The molecule has 1 aromatic rings. The lowest BCUT2D eigenvalue weighted by Crippen LogP contribution is -2.69. The predicted octanol–water partition coefficient (Wildman–Crippen LogP) is 0.489. The highest BCUT2D eigenvalue weighted by molar-refractivity contribution is 6.01. The number of benzene rings is 1. The predicted molar refractivity (Wildman–Crippen MR) is 91.9 cm³/mol. The van der Waals surface area contributed by atoms with Gasteiger partial charge in [0.05, 0.1) is 23.9 Å². The van der Waals surface area contributed by atoms with Gasteiger partial charge in [-0.2, -0.15) is 0 Å². The number of carbonyl (C=O) groups is 2. The van der Waals surface area contributed by atoms with E-state index >= 15 is 0 Å². The summed E-state index contributed by atoms with van der Waals surface area (Å²) < 4.78 is 11.2. The van der Waals surface area contributed by atoms with Crippen molar-refractivity contribution in [2.45, 2.75) is 24.6 Å². The average molecular weight is 345 g/mol. The molecule has 0 radical (unpaired) electrons. The van der Waals surface area contributed by atoms with E-state index < -0.39 is 0 Å². The first-order chi connectivity index (χ1) is 12.0. The molecular formula is C18H23N3O4. The van der Waals surface area contributed by atoms with E-state index in [4.69, 9.17) is 9.47 Å². The Morgan fingerprint density at radius 1 is 1.36 bits per heavy atom. The quantitative estimate of drug-likeness (QED) is 0.863. The summed E-state index contributed by atoms with van der Waals surface area (Å²) in [6.07, 6.45) is 1.19. The average Bonchev–Trinajstić information content (AvgIpc) is 2.98. The molecule has 134 valence electrons. The van der Waals surface area contributed by atoms with Crippen molar-refractivity contribution in [3.8, 4) is 5.75 Å². The Hall–Kier alpha value is -2.12. The Balaban J connectivity index is 1.53. The summed E-state index contributed by atoms with van der Waals surface area (Å²) in [6, 6.07) is 5.49. The highest BCUT2D eigenvalue weighted by Crippen LogP contribution is 2.41. The zero-order chi connectivity index (χ0) is 17.7. The molecule has 1 aromatic carbocycles. The minimum absolute atomic E-state index is 0.0324. The minimum Gasteiger partial charge on any atom is -0.482 e. The molecule has 1 saturated heterocycles. The van der Waals surface area contributed by atoms with Gasteiger partial charge in [0.25, 0.3) is 11.8 Å². The first kappa shape index (κ1) is 16.4. The number of ether oxygens (including phenoxy) is 2. The maximum Gasteiger partial charge on any atom is 0.264 e.